The summed E-state index contributed by atoms with van der Waals surface area (Å²) in [6, 6.07) is 5.15. The number of ether oxygens (including phenoxy) is 1. The maximum absolute atomic E-state index is 13.5. The van der Waals surface area contributed by atoms with Gasteiger partial charge in [-0.1, -0.05) is 5.92 Å². The van der Waals surface area contributed by atoms with Crippen LogP contribution in [0.25, 0.3) is 0 Å². The molecule has 1 spiro atoms. The number of hydrogen-bond acceptors (Lipinski definition) is 7. The van der Waals surface area contributed by atoms with Crippen LogP contribution in [-0.2, 0) is 14.8 Å². The van der Waals surface area contributed by atoms with Crippen LogP contribution in [0.15, 0.2) is 29.2 Å². The number of rotatable bonds is 5. The molecule has 1 amide bonds. The van der Waals surface area contributed by atoms with Gasteiger partial charge >= 0.3 is 0 Å². The van der Waals surface area contributed by atoms with Crippen molar-refractivity contribution in [1.82, 2.24) is 14.7 Å². The van der Waals surface area contributed by atoms with Crippen LogP contribution in [0.5, 0.6) is 5.75 Å². The maximum atomic E-state index is 13.5. The summed E-state index contributed by atoms with van der Waals surface area (Å²) in [7, 11) is -2.71. The van der Waals surface area contributed by atoms with Gasteiger partial charge in [0.15, 0.2) is 0 Å². The molecule has 1 unspecified atom stereocenters. The summed E-state index contributed by atoms with van der Waals surface area (Å²) in [6.07, 6.45) is 1.30. The molecule has 2 aliphatic heterocycles. The fraction of sp³-hybridized carbons (Fsp3) is 0.550. The van der Waals surface area contributed by atoms with Gasteiger partial charge < -0.3 is 10.1 Å². The van der Waals surface area contributed by atoms with Crippen LogP contribution in [0.1, 0.15) is 19.8 Å². The first-order valence-electron chi connectivity index (χ1n) is 9.77. The summed E-state index contributed by atoms with van der Waals surface area (Å²) in [5.74, 6) is 6.02. The number of nitrogens with one attached hydrogen (secondary N) is 1. The third-order valence-corrected chi connectivity index (χ3v) is 8.88. The highest BCUT2D eigenvalue weighted by Crippen LogP contribution is 2.45. The molecule has 1 aromatic rings. The molecule has 8 nitrogen and oxygen atoms in total. The monoisotopic (exact) mass is 453 g/mol. The minimum absolute atomic E-state index is 0.0887. The first-order chi connectivity index (χ1) is 14.3. The van der Waals surface area contributed by atoms with E-state index in [4.69, 9.17) is 4.74 Å². The molecule has 3 rings (SSSR count). The summed E-state index contributed by atoms with van der Waals surface area (Å²) in [5, 5.41) is 13.7. The molecule has 0 aromatic heterocycles. The van der Waals surface area contributed by atoms with Crippen molar-refractivity contribution in [3.05, 3.63) is 24.3 Å². The van der Waals surface area contributed by atoms with E-state index in [2.05, 4.69) is 17.2 Å². The average molecular weight is 454 g/mol. The molecule has 10 heteroatoms. The summed E-state index contributed by atoms with van der Waals surface area (Å²) in [5.41, 5.74) is 0. The molecule has 2 fully saturated rings. The van der Waals surface area contributed by atoms with Gasteiger partial charge in [0.2, 0.25) is 10.0 Å². The Labute approximate surface area is 182 Å². The Morgan fingerprint density at radius 2 is 2.03 bits per heavy atom. The van der Waals surface area contributed by atoms with E-state index in [-0.39, 0.29) is 18.0 Å². The molecule has 2 N–H and O–H groups in total. The van der Waals surface area contributed by atoms with Gasteiger partial charge in [-0.2, -0.15) is 16.1 Å². The van der Waals surface area contributed by atoms with Gasteiger partial charge in [0.1, 0.15) is 18.4 Å². The topological polar surface area (TPSA) is 99.2 Å². The molecule has 2 heterocycles. The van der Waals surface area contributed by atoms with Crippen LogP contribution in [0.4, 0.5) is 0 Å². The van der Waals surface area contributed by atoms with E-state index >= 15 is 0 Å². The van der Waals surface area contributed by atoms with Crippen LogP contribution in [0.3, 0.4) is 0 Å². The van der Waals surface area contributed by atoms with Crippen LogP contribution < -0.4 is 10.1 Å². The average Bonchev–Trinajstić information content (AvgIpc) is 2.74. The van der Waals surface area contributed by atoms with E-state index in [1.54, 1.807) is 30.8 Å². The lowest BCUT2D eigenvalue weighted by Crippen LogP contribution is -2.65. The van der Waals surface area contributed by atoms with Crippen molar-refractivity contribution in [2.45, 2.75) is 35.4 Å². The Morgan fingerprint density at radius 1 is 1.37 bits per heavy atom. The number of sulfonamides is 1. The second-order valence-corrected chi connectivity index (χ2v) is 10.6. The predicted octanol–water partition coefficient (Wildman–Crippen LogP) is 1.16. The highest BCUT2D eigenvalue weighted by Gasteiger charge is 2.54. The Balaban J connectivity index is 1.93. The molecule has 0 radical (unpaired) electrons. The second-order valence-electron chi connectivity index (χ2n) is 7.23. The number of carbonyl (C=O) groups excluding carboxylic acids is 1. The van der Waals surface area contributed by atoms with E-state index in [1.165, 1.54) is 23.5 Å². The van der Waals surface area contributed by atoms with E-state index in [0.29, 0.717) is 42.5 Å². The van der Waals surface area contributed by atoms with E-state index in [1.807, 2.05) is 0 Å². The molecular formula is C20H27N3O5S2. The van der Waals surface area contributed by atoms with Crippen molar-refractivity contribution in [3.63, 3.8) is 0 Å². The summed E-state index contributed by atoms with van der Waals surface area (Å²) >= 11 is 1.63. The highest BCUT2D eigenvalue weighted by atomic mass is 32.2. The minimum atomic E-state index is -3.95. The van der Waals surface area contributed by atoms with Crippen molar-refractivity contribution >= 4 is 27.7 Å². The largest absolute Gasteiger partial charge is 0.481 e. The number of benzene rings is 1. The van der Waals surface area contributed by atoms with Gasteiger partial charge in [0, 0.05) is 24.1 Å². The standard InChI is InChI=1S/C20H27N3O5S2/c1-3-4-14-28-16-5-7-17(8-6-16)30(26,27)23-13-15-29-20(9-11-21-12-10-20)18(23)19(24)22(2)25/h5-8,18,21,25H,9-15H2,1-2H3. The number of thioether (sulfide) groups is 1. The molecule has 1 aromatic carbocycles. The Morgan fingerprint density at radius 3 is 2.63 bits per heavy atom. The number of likely N-dealkylation sites (N-methyl/N-ethyl adjacent to an activating group) is 1. The van der Waals surface area contributed by atoms with Gasteiger partial charge in [0.25, 0.3) is 5.91 Å². The molecule has 2 saturated heterocycles. The lowest BCUT2D eigenvalue weighted by molar-refractivity contribution is -0.165. The van der Waals surface area contributed by atoms with Gasteiger partial charge in [-0.3, -0.25) is 10.0 Å². The zero-order valence-corrected chi connectivity index (χ0v) is 18.8. The lowest BCUT2D eigenvalue weighted by atomic mass is 9.88. The van der Waals surface area contributed by atoms with E-state index < -0.39 is 26.7 Å². The summed E-state index contributed by atoms with van der Waals surface area (Å²) in [4.78, 5) is 13.1. The van der Waals surface area contributed by atoms with Crippen molar-refractivity contribution in [2.24, 2.45) is 0 Å². The number of nitrogens with zero attached hydrogens (tertiary/aromatic N) is 2. The fourth-order valence-corrected chi connectivity index (χ4v) is 7.30. The number of hydroxylamine groups is 2. The fourth-order valence-electron chi connectivity index (χ4n) is 3.90. The van der Waals surface area contributed by atoms with Gasteiger partial charge in [-0.05, 0) is 57.1 Å². The van der Waals surface area contributed by atoms with Crippen LogP contribution in [0.2, 0.25) is 0 Å². The van der Waals surface area contributed by atoms with Crippen molar-refractivity contribution in [1.29, 1.82) is 0 Å². The van der Waals surface area contributed by atoms with Crippen molar-refractivity contribution < 1.29 is 23.2 Å². The maximum Gasteiger partial charge on any atom is 0.265 e. The Kier molecular flexibility index (Phi) is 7.31. The predicted molar refractivity (Wildman–Crippen MR) is 115 cm³/mol. The third kappa shape index (κ3) is 4.60. The van der Waals surface area contributed by atoms with E-state index in [9.17, 15) is 18.4 Å². The normalized spacial score (nSPS) is 21.5. The van der Waals surface area contributed by atoms with Crippen LogP contribution >= 0.6 is 11.8 Å². The molecule has 30 heavy (non-hydrogen) atoms. The summed E-state index contributed by atoms with van der Waals surface area (Å²) < 4.78 is 33.2. The molecule has 0 aliphatic carbocycles. The zero-order chi connectivity index (χ0) is 21.8. The number of carbonyl (C=O) groups is 1. The first-order valence-corrected chi connectivity index (χ1v) is 12.2. The third-order valence-electron chi connectivity index (χ3n) is 5.41. The molecule has 164 valence electrons. The van der Waals surface area contributed by atoms with Gasteiger partial charge in [-0.25, -0.2) is 13.5 Å². The lowest BCUT2D eigenvalue weighted by Gasteiger charge is -2.49. The highest BCUT2D eigenvalue weighted by molar-refractivity contribution is 8.01. The number of piperidine rings is 1. The molecule has 0 saturated carbocycles. The van der Waals surface area contributed by atoms with Crippen LogP contribution in [0, 0.1) is 11.8 Å². The number of amides is 1. The van der Waals surface area contributed by atoms with Crippen LogP contribution in [-0.4, -0.2) is 78.7 Å². The SMILES string of the molecule is CC#CCOc1ccc(S(=O)(=O)N2CCSC3(CCNCC3)C2C(=O)N(C)O)cc1. The first kappa shape index (κ1) is 22.9. The molecule has 2 aliphatic rings. The van der Waals surface area contributed by atoms with Gasteiger partial charge in [-0.15, -0.1) is 5.92 Å². The molecule has 0 bridgehead atoms. The quantitative estimate of drug-likeness (QED) is 0.392. The zero-order valence-electron chi connectivity index (χ0n) is 17.1. The Bertz CT molecular complexity index is 910. The Hall–Kier alpha value is -1.77. The van der Waals surface area contributed by atoms with Gasteiger partial charge in [0.05, 0.1) is 4.90 Å². The molecule has 1 atom stereocenters. The summed E-state index contributed by atoms with van der Waals surface area (Å²) in [6.45, 7) is 3.55. The van der Waals surface area contributed by atoms with Crippen molar-refractivity contribution in [2.75, 3.05) is 39.0 Å². The van der Waals surface area contributed by atoms with Crippen molar-refractivity contribution in [3.8, 4) is 17.6 Å². The smallest absolute Gasteiger partial charge is 0.265 e. The molecular weight excluding hydrogens is 426 g/mol. The van der Waals surface area contributed by atoms with E-state index in [0.717, 1.165) is 0 Å². The number of hydrogen-bond donors (Lipinski definition) is 2. The minimum Gasteiger partial charge on any atom is -0.481 e. The second kappa shape index (κ2) is 9.58.